The zero-order valence-corrected chi connectivity index (χ0v) is 16.5. The molecule has 0 saturated heterocycles. The van der Waals surface area contributed by atoms with Crippen LogP contribution in [0.3, 0.4) is 0 Å². The maximum absolute atomic E-state index is 6.20. The van der Waals surface area contributed by atoms with E-state index in [0.717, 1.165) is 35.5 Å². The van der Waals surface area contributed by atoms with Crippen LogP contribution < -0.4 is 4.74 Å². The topological polar surface area (TPSA) is 9.23 Å². The van der Waals surface area contributed by atoms with E-state index in [-0.39, 0.29) is 5.41 Å². The van der Waals surface area contributed by atoms with Crippen LogP contribution in [0.1, 0.15) is 39.5 Å². The first-order valence-corrected chi connectivity index (χ1v) is 9.48. The summed E-state index contributed by atoms with van der Waals surface area (Å²) in [7, 11) is 0. The number of rotatable bonds is 8. The van der Waals surface area contributed by atoms with E-state index in [1.54, 1.807) is 12.1 Å². The molecular formula is C15H20Br2Cl2O. The molecular weight excluding hydrogens is 427 g/mol. The summed E-state index contributed by atoms with van der Waals surface area (Å²) in [5.41, 5.74) is 0.159. The predicted octanol–water partition coefficient (Wildman–Crippen LogP) is 7.12. The lowest BCUT2D eigenvalue weighted by Gasteiger charge is -2.31. The highest BCUT2D eigenvalue weighted by molar-refractivity contribution is 9.10. The van der Waals surface area contributed by atoms with Gasteiger partial charge < -0.3 is 4.74 Å². The lowest BCUT2D eigenvalue weighted by atomic mass is 9.82. The Morgan fingerprint density at radius 1 is 1.10 bits per heavy atom. The molecule has 1 aromatic rings. The summed E-state index contributed by atoms with van der Waals surface area (Å²) < 4.78 is 6.75. The van der Waals surface area contributed by atoms with Gasteiger partial charge in [-0.15, -0.1) is 0 Å². The average Bonchev–Trinajstić information content (AvgIpc) is 2.41. The van der Waals surface area contributed by atoms with Crippen LogP contribution in [-0.2, 0) is 0 Å². The molecule has 0 spiro atoms. The third kappa shape index (κ3) is 5.08. The molecule has 0 bridgehead atoms. The second kappa shape index (κ2) is 8.87. The van der Waals surface area contributed by atoms with Gasteiger partial charge >= 0.3 is 0 Å². The lowest BCUT2D eigenvalue weighted by Crippen LogP contribution is -2.30. The standard InChI is InChI=1S/C15H20Br2Cl2O/c1-3-5-15(9-16,6-4-2)10-20-14-8-12(18)11(17)7-13(14)19/h7-8H,3-6,9-10H2,1-2H3. The molecule has 0 aliphatic rings. The molecule has 0 aromatic heterocycles. The Bertz CT molecular complexity index is 432. The van der Waals surface area contributed by atoms with Crippen LogP contribution in [0.4, 0.5) is 0 Å². The number of hydrogen-bond acceptors (Lipinski definition) is 1. The van der Waals surface area contributed by atoms with Crippen molar-refractivity contribution in [3.8, 4) is 5.75 Å². The molecule has 5 heteroatoms. The third-order valence-corrected chi connectivity index (χ3v) is 6.03. The monoisotopic (exact) mass is 444 g/mol. The highest BCUT2D eigenvalue weighted by Crippen LogP contribution is 2.37. The minimum atomic E-state index is 0.159. The zero-order chi connectivity index (χ0) is 15.2. The molecule has 0 aliphatic heterocycles. The number of ether oxygens (including phenoxy) is 1. The summed E-state index contributed by atoms with van der Waals surface area (Å²) in [5, 5.41) is 2.13. The van der Waals surface area contributed by atoms with Crippen LogP contribution in [0.2, 0.25) is 10.0 Å². The lowest BCUT2D eigenvalue weighted by molar-refractivity contribution is 0.144. The van der Waals surface area contributed by atoms with Crippen molar-refractivity contribution in [3.63, 3.8) is 0 Å². The molecule has 1 rings (SSSR count). The fourth-order valence-corrected chi connectivity index (χ4v) is 3.92. The highest BCUT2D eigenvalue weighted by atomic mass is 79.9. The number of benzene rings is 1. The Hall–Kier alpha value is 0.560. The third-order valence-electron chi connectivity index (χ3n) is 3.35. The second-order valence-electron chi connectivity index (χ2n) is 5.12. The first kappa shape index (κ1) is 18.6. The van der Waals surface area contributed by atoms with Crippen molar-refractivity contribution >= 4 is 55.1 Å². The van der Waals surface area contributed by atoms with E-state index in [0.29, 0.717) is 22.4 Å². The molecule has 114 valence electrons. The first-order valence-electron chi connectivity index (χ1n) is 6.81. The quantitative estimate of drug-likeness (QED) is 0.305. The van der Waals surface area contributed by atoms with E-state index in [1.165, 1.54) is 0 Å². The van der Waals surface area contributed by atoms with Crippen LogP contribution in [0, 0.1) is 5.41 Å². The summed E-state index contributed by atoms with van der Waals surface area (Å²) in [6.07, 6.45) is 4.55. The van der Waals surface area contributed by atoms with Gasteiger partial charge in [0.1, 0.15) is 5.75 Å². The van der Waals surface area contributed by atoms with Crippen LogP contribution in [0.15, 0.2) is 16.6 Å². The van der Waals surface area contributed by atoms with Gasteiger partial charge in [0, 0.05) is 21.3 Å². The number of halogens is 4. The van der Waals surface area contributed by atoms with E-state index in [1.807, 2.05) is 0 Å². The summed E-state index contributed by atoms with van der Waals surface area (Å²) in [6, 6.07) is 3.54. The van der Waals surface area contributed by atoms with Gasteiger partial charge in [-0.25, -0.2) is 0 Å². The summed E-state index contributed by atoms with van der Waals surface area (Å²) in [4.78, 5) is 0. The van der Waals surface area contributed by atoms with Gasteiger partial charge in [-0.2, -0.15) is 0 Å². The molecule has 0 heterocycles. The van der Waals surface area contributed by atoms with E-state index in [9.17, 15) is 0 Å². The molecule has 0 unspecified atom stereocenters. The Morgan fingerprint density at radius 2 is 1.70 bits per heavy atom. The molecule has 0 fully saturated rings. The number of hydrogen-bond donors (Lipinski definition) is 0. The van der Waals surface area contributed by atoms with Crippen LogP contribution in [0.25, 0.3) is 0 Å². The maximum atomic E-state index is 6.20. The SMILES string of the molecule is CCCC(CBr)(CCC)COc1cc(Cl)c(Br)cc1Cl. The van der Waals surface area contributed by atoms with Crippen LogP contribution >= 0.6 is 55.1 Å². The predicted molar refractivity (Wildman–Crippen MR) is 95.7 cm³/mol. The van der Waals surface area contributed by atoms with Gasteiger partial charge in [-0.3, -0.25) is 0 Å². The highest BCUT2D eigenvalue weighted by Gasteiger charge is 2.28. The van der Waals surface area contributed by atoms with Gasteiger partial charge in [0.25, 0.3) is 0 Å². The van der Waals surface area contributed by atoms with Crippen LogP contribution in [-0.4, -0.2) is 11.9 Å². The first-order chi connectivity index (χ1) is 9.48. The molecule has 0 amide bonds. The minimum absolute atomic E-state index is 0.159. The van der Waals surface area contributed by atoms with Crippen molar-refractivity contribution in [2.45, 2.75) is 39.5 Å². The Kier molecular flexibility index (Phi) is 8.25. The summed E-state index contributed by atoms with van der Waals surface area (Å²) in [5.74, 6) is 0.650. The smallest absolute Gasteiger partial charge is 0.139 e. The average molecular weight is 447 g/mol. The fourth-order valence-electron chi connectivity index (χ4n) is 2.35. The zero-order valence-electron chi connectivity index (χ0n) is 11.8. The Balaban J connectivity index is 2.84. The molecule has 1 aromatic carbocycles. The minimum Gasteiger partial charge on any atom is -0.491 e. The fraction of sp³-hybridized carbons (Fsp3) is 0.600. The van der Waals surface area contributed by atoms with E-state index < -0.39 is 0 Å². The van der Waals surface area contributed by atoms with Gasteiger partial charge in [-0.05, 0) is 34.8 Å². The largest absolute Gasteiger partial charge is 0.491 e. The van der Waals surface area contributed by atoms with Gasteiger partial charge in [0.2, 0.25) is 0 Å². The molecule has 20 heavy (non-hydrogen) atoms. The second-order valence-corrected chi connectivity index (χ2v) is 7.35. The van der Waals surface area contributed by atoms with Crippen LogP contribution in [0.5, 0.6) is 5.75 Å². The maximum Gasteiger partial charge on any atom is 0.139 e. The molecule has 0 atom stereocenters. The van der Waals surface area contributed by atoms with Crippen molar-refractivity contribution in [2.24, 2.45) is 5.41 Å². The number of alkyl halides is 1. The van der Waals surface area contributed by atoms with Gasteiger partial charge in [0.05, 0.1) is 16.7 Å². The van der Waals surface area contributed by atoms with Gasteiger partial charge in [0.15, 0.2) is 0 Å². The van der Waals surface area contributed by atoms with E-state index >= 15 is 0 Å². The molecule has 0 radical (unpaired) electrons. The van der Waals surface area contributed by atoms with E-state index in [4.69, 9.17) is 27.9 Å². The summed E-state index contributed by atoms with van der Waals surface area (Å²) in [6.45, 7) is 5.06. The van der Waals surface area contributed by atoms with Crippen molar-refractivity contribution in [2.75, 3.05) is 11.9 Å². The van der Waals surface area contributed by atoms with Crippen molar-refractivity contribution in [1.29, 1.82) is 0 Å². The van der Waals surface area contributed by atoms with Gasteiger partial charge in [-0.1, -0.05) is 65.8 Å². The van der Waals surface area contributed by atoms with Crippen molar-refractivity contribution in [3.05, 3.63) is 26.7 Å². The molecule has 0 N–H and O–H groups in total. The Labute approximate surface area is 148 Å². The Morgan fingerprint density at radius 3 is 2.20 bits per heavy atom. The summed E-state index contributed by atoms with van der Waals surface area (Å²) >= 11 is 19.3. The molecule has 0 saturated carbocycles. The molecule has 1 nitrogen and oxygen atoms in total. The van der Waals surface area contributed by atoms with E-state index in [2.05, 4.69) is 45.7 Å². The van der Waals surface area contributed by atoms with Crippen molar-refractivity contribution < 1.29 is 4.74 Å². The normalized spacial score (nSPS) is 11.7. The van der Waals surface area contributed by atoms with Crippen molar-refractivity contribution in [1.82, 2.24) is 0 Å². The molecule has 0 aliphatic carbocycles.